The van der Waals surface area contributed by atoms with Crippen molar-refractivity contribution in [3.63, 3.8) is 0 Å². The largest absolute Gasteiger partial charge is 0.503 e. The molecule has 12 heteroatoms. The van der Waals surface area contributed by atoms with Crippen molar-refractivity contribution in [3.8, 4) is 11.5 Å². The molecule has 25 heavy (non-hydrogen) atoms. The van der Waals surface area contributed by atoms with Crippen molar-refractivity contribution in [1.82, 2.24) is 20.6 Å². The lowest BCUT2D eigenvalue weighted by Crippen LogP contribution is -2.31. The number of hydrogen-bond acceptors (Lipinski definition) is 8. The smallest absolute Gasteiger partial charge is 0.342 e. The number of aromatic hydroxyl groups is 1. The Balaban J connectivity index is 1.93. The summed E-state index contributed by atoms with van der Waals surface area (Å²) >= 11 is 3.17. The molecule has 0 aliphatic rings. The third-order valence-corrected chi connectivity index (χ3v) is 3.41. The number of anilines is 1. The summed E-state index contributed by atoms with van der Waals surface area (Å²) in [4.78, 5) is 35.8. The molecule has 0 bridgehead atoms. The number of benzene rings is 1. The van der Waals surface area contributed by atoms with Crippen molar-refractivity contribution in [2.24, 2.45) is 5.10 Å². The third-order valence-electron chi connectivity index (χ3n) is 2.80. The van der Waals surface area contributed by atoms with Gasteiger partial charge in [-0.1, -0.05) is 0 Å². The van der Waals surface area contributed by atoms with Gasteiger partial charge in [-0.15, -0.1) is 5.10 Å². The Morgan fingerprint density at radius 1 is 1.48 bits per heavy atom. The van der Waals surface area contributed by atoms with E-state index < -0.39 is 17.2 Å². The van der Waals surface area contributed by atoms with E-state index in [0.717, 1.165) is 0 Å². The lowest BCUT2D eigenvalue weighted by Gasteiger charge is -2.06. The average molecular weight is 413 g/mol. The van der Waals surface area contributed by atoms with Gasteiger partial charge in [-0.05, 0) is 33.6 Å². The van der Waals surface area contributed by atoms with Gasteiger partial charge < -0.3 is 15.2 Å². The second kappa shape index (κ2) is 8.10. The number of halogens is 1. The number of phenolic OH excluding ortho intramolecular Hbond substituents is 1. The van der Waals surface area contributed by atoms with Crippen molar-refractivity contribution in [3.05, 3.63) is 43.0 Å². The number of hydrogen-bond donors (Lipinski definition) is 5. The van der Waals surface area contributed by atoms with Crippen LogP contribution in [0.4, 0.5) is 5.82 Å². The first-order valence-electron chi connectivity index (χ1n) is 6.72. The number of nitrogens with zero attached hydrogens (tertiary/aromatic N) is 2. The number of ether oxygens (including phenoxy) is 1. The Hall–Kier alpha value is -3.15. The van der Waals surface area contributed by atoms with Crippen LogP contribution >= 0.6 is 15.9 Å². The van der Waals surface area contributed by atoms with E-state index in [4.69, 9.17) is 4.74 Å². The molecule has 2 rings (SSSR count). The maximum atomic E-state index is 11.7. The maximum Gasteiger partial charge on any atom is 0.342 e. The van der Waals surface area contributed by atoms with E-state index in [0.29, 0.717) is 10.0 Å². The Bertz CT molecular complexity index is 922. The summed E-state index contributed by atoms with van der Waals surface area (Å²) in [7, 11) is 1.41. The van der Waals surface area contributed by atoms with Gasteiger partial charge in [0.1, 0.15) is 0 Å². The van der Waals surface area contributed by atoms with Crippen molar-refractivity contribution in [1.29, 1.82) is 0 Å². The van der Waals surface area contributed by atoms with E-state index in [1.54, 1.807) is 6.07 Å². The van der Waals surface area contributed by atoms with Gasteiger partial charge in [-0.2, -0.15) is 5.10 Å². The van der Waals surface area contributed by atoms with Crippen molar-refractivity contribution < 1.29 is 14.6 Å². The molecule has 0 unspecified atom stereocenters. The SMILES string of the molecule is COc1cc(C=NNC(=O)CNc2n[nH]c(=O)[nH]c2=O)cc(Br)c1O. The molecular formula is C13H13BrN6O5. The molecule has 0 atom stereocenters. The molecule has 5 N–H and O–H groups in total. The molecule has 0 saturated carbocycles. The number of aromatic nitrogens is 3. The highest BCUT2D eigenvalue weighted by Gasteiger charge is 2.08. The lowest BCUT2D eigenvalue weighted by atomic mass is 10.2. The summed E-state index contributed by atoms with van der Waals surface area (Å²) in [5.41, 5.74) is 1.31. The zero-order valence-corrected chi connectivity index (χ0v) is 14.4. The molecular weight excluding hydrogens is 400 g/mol. The standard InChI is InChI=1S/C13H13BrN6O5/c1-25-8-3-6(2-7(14)10(8)22)4-16-18-9(21)5-15-11-12(23)17-13(24)20-19-11/h2-4,22H,5H2,1H3,(H,15,19)(H,18,21)(H2,17,20,23,24). The number of H-pyrrole nitrogens is 2. The molecule has 0 radical (unpaired) electrons. The molecule has 1 heterocycles. The number of carbonyl (C=O) groups excluding carboxylic acids is 1. The summed E-state index contributed by atoms with van der Waals surface area (Å²) in [5.74, 6) is -0.557. The first-order chi connectivity index (χ1) is 11.9. The van der Waals surface area contributed by atoms with E-state index in [2.05, 4.69) is 36.9 Å². The van der Waals surface area contributed by atoms with Crippen LogP contribution in [0.2, 0.25) is 0 Å². The molecule has 0 aliphatic carbocycles. The van der Waals surface area contributed by atoms with Gasteiger partial charge in [0.2, 0.25) is 5.82 Å². The van der Waals surface area contributed by atoms with Gasteiger partial charge in [-0.3, -0.25) is 14.6 Å². The van der Waals surface area contributed by atoms with Crippen LogP contribution in [0.5, 0.6) is 11.5 Å². The topological polar surface area (TPSA) is 162 Å². The summed E-state index contributed by atoms with van der Waals surface area (Å²) in [6, 6.07) is 3.10. The second-order valence-corrected chi connectivity index (χ2v) is 5.41. The number of amides is 1. The Labute approximate surface area is 148 Å². The van der Waals surface area contributed by atoms with Crippen LogP contribution in [0, 0.1) is 0 Å². The fourth-order valence-electron chi connectivity index (χ4n) is 1.67. The summed E-state index contributed by atoms with van der Waals surface area (Å²) < 4.78 is 5.40. The van der Waals surface area contributed by atoms with Gasteiger partial charge in [0.25, 0.3) is 11.5 Å². The average Bonchev–Trinajstić information content (AvgIpc) is 2.57. The monoisotopic (exact) mass is 412 g/mol. The molecule has 0 fully saturated rings. The van der Waals surface area contributed by atoms with Crippen LogP contribution in [0.3, 0.4) is 0 Å². The predicted octanol–water partition coefficient (Wildman–Crippen LogP) is -0.503. The number of nitrogens with one attached hydrogen (secondary N) is 4. The van der Waals surface area contributed by atoms with Gasteiger partial charge in [0.15, 0.2) is 11.5 Å². The van der Waals surface area contributed by atoms with Gasteiger partial charge in [-0.25, -0.2) is 15.3 Å². The third kappa shape index (κ3) is 4.91. The first-order valence-corrected chi connectivity index (χ1v) is 7.51. The fourth-order valence-corrected chi connectivity index (χ4v) is 2.13. The minimum absolute atomic E-state index is 0.0495. The van der Waals surface area contributed by atoms with Crippen LogP contribution < -0.4 is 26.7 Å². The highest BCUT2D eigenvalue weighted by molar-refractivity contribution is 9.10. The molecule has 11 nitrogen and oxygen atoms in total. The van der Waals surface area contributed by atoms with Gasteiger partial charge in [0, 0.05) is 0 Å². The predicted molar refractivity (Wildman–Crippen MR) is 92.1 cm³/mol. The molecule has 1 aromatic carbocycles. The molecule has 1 aromatic heterocycles. The van der Waals surface area contributed by atoms with Gasteiger partial charge in [0.05, 0.1) is 24.3 Å². The van der Waals surface area contributed by atoms with Crippen molar-refractivity contribution in [2.45, 2.75) is 0 Å². The number of hydrazone groups is 1. The van der Waals surface area contributed by atoms with Crippen LogP contribution in [0.15, 0.2) is 31.3 Å². The molecule has 0 aliphatic heterocycles. The molecule has 132 valence electrons. The van der Waals surface area contributed by atoms with E-state index in [9.17, 15) is 19.5 Å². The highest BCUT2D eigenvalue weighted by atomic mass is 79.9. The summed E-state index contributed by atoms with van der Waals surface area (Å²) in [6.45, 7) is -0.290. The van der Waals surface area contributed by atoms with Crippen molar-refractivity contribution >= 4 is 33.9 Å². The Morgan fingerprint density at radius 3 is 2.92 bits per heavy atom. The quantitative estimate of drug-likeness (QED) is 0.315. The second-order valence-electron chi connectivity index (χ2n) is 4.56. The zero-order chi connectivity index (χ0) is 18.4. The normalized spacial score (nSPS) is 10.6. The molecule has 0 saturated heterocycles. The van der Waals surface area contributed by atoms with Crippen LogP contribution in [-0.2, 0) is 4.79 Å². The number of phenols is 1. The fraction of sp³-hybridized carbons (Fsp3) is 0.154. The summed E-state index contributed by atoms with van der Waals surface area (Å²) in [6.07, 6.45) is 1.34. The number of rotatable bonds is 6. The van der Waals surface area contributed by atoms with Crippen LogP contribution in [-0.4, -0.2) is 46.1 Å². The van der Waals surface area contributed by atoms with Crippen LogP contribution in [0.1, 0.15) is 5.56 Å². The Kier molecular flexibility index (Phi) is 5.89. The number of carbonyl (C=O) groups is 1. The zero-order valence-electron chi connectivity index (χ0n) is 12.8. The Morgan fingerprint density at radius 2 is 2.24 bits per heavy atom. The number of methoxy groups -OCH3 is 1. The summed E-state index contributed by atoms with van der Waals surface area (Å²) in [5, 5.41) is 21.4. The van der Waals surface area contributed by atoms with Gasteiger partial charge >= 0.3 is 5.69 Å². The minimum atomic E-state index is -0.750. The maximum absolute atomic E-state index is 11.7. The van der Waals surface area contributed by atoms with Crippen LogP contribution in [0.25, 0.3) is 0 Å². The lowest BCUT2D eigenvalue weighted by molar-refractivity contribution is -0.119. The minimum Gasteiger partial charge on any atom is -0.503 e. The van der Waals surface area contributed by atoms with E-state index in [1.807, 2.05) is 10.1 Å². The van der Waals surface area contributed by atoms with E-state index >= 15 is 0 Å². The molecule has 0 spiro atoms. The molecule has 2 aromatic rings. The number of aromatic amines is 2. The van der Waals surface area contributed by atoms with E-state index in [-0.39, 0.29) is 23.9 Å². The highest BCUT2D eigenvalue weighted by Crippen LogP contribution is 2.34. The van der Waals surface area contributed by atoms with Crippen molar-refractivity contribution in [2.75, 3.05) is 19.0 Å². The van der Waals surface area contributed by atoms with E-state index in [1.165, 1.54) is 19.4 Å². The first kappa shape index (κ1) is 18.2. The molecule has 1 amide bonds.